The van der Waals surface area contributed by atoms with E-state index in [1.807, 2.05) is 0 Å². The summed E-state index contributed by atoms with van der Waals surface area (Å²) in [4.78, 5) is 7.33. The molecular formula is C21H30N4S2. The molecule has 146 valence electrons. The van der Waals surface area contributed by atoms with Crippen LogP contribution in [-0.2, 0) is 6.54 Å². The van der Waals surface area contributed by atoms with Crippen molar-refractivity contribution < 1.29 is 0 Å². The smallest absolute Gasteiger partial charge is 0.196 e. The lowest BCUT2D eigenvalue weighted by atomic mass is 9.81. The van der Waals surface area contributed by atoms with Gasteiger partial charge in [-0.25, -0.2) is 4.99 Å². The van der Waals surface area contributed by atoms with Gasteiger partial charge in [0, 0.05) is 16.3 Å². The van der Waals surface area contributed by atoms with Crippen molar-refractivity contribution in [2.75, 3.05) is 24.7 Å². The van der Waals surface area contributed by atoms with E-state index >= 15 is 0 Å². The third-order valence-electron chi connectivity index (χ3n) is 5.12. The van der Waals surface area contributed by atoms with E-state index in [1.54, 1.807) is 23.1 Å². The number of benzene rings is 1. The number of nitrogens with two attached hydrogens (primary N) is 1. The van der Waals surface area contributed by atoms with Gasteiger partial charge in [0.1, 0.15) is 0 Å². The molecular weight excluding hydrogens is 372 g/mol. The van der Waals surface area contributed by atoms with Crippen molar-refractivity contribution in [3.8, 4) is 0 Å². The average Bonchev–Trinajstić information content (AvgIpc) is 3.24. The van der Waals surface area contributed by atoms with Crippen LogP contribution in [0.2, 0.25) is 0 Å². The molecule has 0 spiro atoms. The van der Waals surface area contributed by atoms with E-state index in [0.29, 0.717) is 18.4 Å². The van der Waals surface area contributed by atoms with Gasteiger partial charge in [0.05, 0.1) is 12.2 Å². The summed E-state index contributed by atoms with van der Waals surface area (Å²) >= 11 is 3.49. The maximum Gasteiger partial charge on any atom is 0.196 e. The van der Waals surface area contributed by atoms with E-state index in [9.17, 15) is 0 Å². The lowest BCUT2D eigenvalue weighted by Gasteiger charge is -2.29. The van der Waals surface area contributed by atoms with Crippen molar-refractivity contribution in [1.29, 1.82) is 0 Å². The Kier molecular flexibility index (Phi) is 8.05. The van der Waals surface area contributed by atoms with Gasteiger partial charge in [-0.3, -0.25) is 0 Å². The van der Waals surface area contributed by atoms with Gasteiger partial charge in [-0.05, 0) is 67.5 Å². The molecule has 2 atom stereocenters. The molecule has 0 amide bonds. The monoisotopic (exact) mass is 402 g/mol. The zero-order valence-corrected chi connectivity index (χ0v) is 17.6. The summed E-state index contributed by atoms with van der Waals surface area (Å²) < 4.78 is 0. The predicted octanol–water partition coefficient (Wildman–Crippen LogP) is 4.79. The van der Waals surface area contributed by atoms with Crippen LogP contribution in [0.4, 0.5) is 5.69 Å². The highest BCUT2D eigenvalue weighted by Gasteiger charge is 2.21. The number of thioether (sulfide) groups is 1. The Labute approximate surface area is 171 Å². The molecule has 1 aromatic carbocycles. The number of anilines is 1. The Morgan fingerprint density at radius 2 is 2.07 bits per heavy atom. The van der Waals surface area contributed by atoms with Crippen molar-refractivity contribution in [3.05, 3.63) is 46.7 Å². The van der Waals surface area contributed by atoms with Gasteiger partial charge in [0.2, 0.25) is 0 Å². The van der Waals surface area contributed by atoms with E-state index < -0.39 is 0 Å². The first-order valence-corrected chi connectivity index (χ1v) is 11.8. The summed E-state index contributed by atoms with van der Waals surface area (Å²) in [7, 11) is 0. The van der Waals surface area contributed by atoms with Gasteiger partial charge in [-0.1, -0.05) is 24.6 Å². The molecule has 1 aliphatic carbocycles. The molecule has 1 saturated carbocycles. The number of para-hydroxylation sites is 1. The molecule has 0 radical (unpaired) electrons. The van der Waals surface area contributed by atoms with E-state index in [2.05, 4.69) is 58.7 Å². The topological polar surface area (TPSA) is 62.4 Å². The Morgan fingerprint density at radius 3 is 2.85 bits per heavy atom. The standard InChI is InChI=1S/C21H30N4S2/c1-26-20-10-3-2-9-19(20)25-21(24-15-18-8-5-11-27-18)23-14-17-7-4-6-16(12-17)13-22/h2-3,5,8-11,16-17H,4,6-7,12-15,22H2,1H3,(H2,23,24,25). The Morgan fingerprint density at radius 1 is 1.22 bits per heavy atom. The summed E-state index contributed by atoms with van der Waals surface area (Å²) in [5.74, 6) is 2.22. The lowest BCUT2D eigenvalue weighted by molar-refractivity contribution is 0.272. The first-order chi connectivity index (χ1) is 13.3. The molecule has 4 nitrogen and oxygen atoms in total. The first kappa shape index (κ1) is 20.2. The molecule has 2 aromatic rings. The number of guanidine groups is 1. The number of hydrogen-bond donors (Lipinski definition) is 3. The maximum atomic E-state index is 5.90. The molecule has 1 heterocycles. The summed E-state index contributed by atoms with van der Waals surface area (Å²) in [5, 5.41) is 9.21. The highest BCUT2D eigenvalue weighted by Crippen LogP contribution is 2.28. The lowest BCUT2D eigenvalue weighted by Crippen LogP contribution is -2.37. The SMILES string of the molecule is CSc1ccccc1NC(=NCc1cccs1)NCC1CCCC(CN)C1. The second-order valence-electron chi connectivity index (χ2n) is 7.08. The summed E-state index contributed by atoms with van der Waals surface area (Å²) in [6.07, 6.45) is 7.18. The van der Waals surface area contributed by atoms with Crippen LogP contribution >= 0.6 is 23.1 Å². The fraction of sp³-hybridized carbons (Fsp3) is 0.476. The van der Waals surface area contributed by atoms with Crippen LogP contribution < -0.4 is 16.4 Å². The van der Waals surface area contributed by atoms with E-state index in [0.717, 1.165) is 24.7 Å². The van der Waals surface area contributed by atoms with Crippen molar-refractivity contribution in [2.45, 2.75) is 37.1 Å². The van der Waals surface area contributed by atoms with Gasteiger partial charge in [0.15, 0.2) is 5.96 Å². The highest BCUT2D eigenvalue weighted by atomic mass is 32.2. The van der Waals surface area contributed by atoms with Crippen molar-refractivity contribution >= 4 is 34.7 Å². The summed E-state index contributed by atoms with van der Waals surface area (Å²) in [6, 6.07) is 12.6. The third-order valence-corrected chi connectivity index (χ3v) is 6.77. The molecule has 1 aliphatic rings. The number of aliphatic imine (C=N–C) groups is 1. The fourth-order valence-corrected chi connectivity index (χ4v) is 4.80. The fourth-order valence-electron chi connectivity index (χ4n) is 3.62. The minimum atomic E-state index is 0.678. The summed E-state index contributed by atoms with van der Waals surface area (Å²) in [5.41, 5.74) is 7.00. The number of thiophene rings is 1. The second kappa shape index (κ2) is 10.7. The van der Waals surface area contributed by atoms with E-state index in [4.69, 9.17) is 10.7 Å². The maximum absolute atomic E-state index is 5.90. The van der Waals surface area contributed by atoms with Crippen LogP contribution in [0, 0.1) is 11.8 Å². The molecule has 6 heteroatoms. The normalized spacial score (nSPS) is 20.4. The van der Waals surface area contributed by atoms with Crippen LogP contribution in [0.1, 0.15) is 30.6 Å². The van der Waals surface area contributed by atoms with Crippen LogP contribution in [0.25, 0.3) is 0 Å². The van der Waals surface area contributed by atoms with Crippen LogP contribution in [0.15, 0.2) is 51.7 Å². The number of hydrogen-bond acceptors (Lipinski definition) is 4. The van der Waals surface area contributed by atoms with Crippen LogP contribution in [0.3, 0.4) is 0 Å². The average molecular weight is 403 g/mol. The third kappa shape index (κ3) is 6.26. The van der Waals surface area contributed by atoms with E-state index in [1.165, 1.54) is 35.5 Å². The largest absolute Gasteiger partial charge is 0.356 e. The van der Waals surface area contributed by atoms with Gasteiger partial charge >= 0.3 is 0 Å². The molecule has 1 aromatic heterocycles. The van der Waals surface area contributed by atoms with Crippen LogP contribution in [0.5, 0.6) is 0 Å². The predicted molar refractivity (Wildman–Crippen MR) is 120 cm³/mol. The number of nitrogens with zero attached hydrogens (tertiary/aromatic N) is 1. The highest BCUT2D eigenvalue weighted by molar-refractivity contribution is 7.98. The number of nitrogens with one attached hydrogen (secondary N) is 2. The minimum Gasteiger partial charge on any atom is -0.356 e. The molecule has 0 saturated heterocycles. The molecule has 0 bridgehead atoms. The first-order valence-electron chi connectivity index (χ1n) is 9.69. The molecule has 3 rings (SSSR count). The summed E-state index contributed by atoms with van der Waals surface area (Å²) in [6.45, 7) is 2.47. The molecule has 4 N–H and O–H groups in total. The van der Waals surface area contributed by atoms with Crippen LogP contribution in [-0.4, -0.2) is 25.3 Å². The zero-order valence-electron chi connectivity index (χ0n) is 16.0. The second-order valence-corrected chi connectivity index (χ2v) is 8.97. The zero-order chi connectivity index (χ0) is 18.9. The van der Waals surface area contributed by atoms with Crippen molar-refractivity contribution in [3.63, 3.8) is 0 Å². The Hall–Kier alpha value is -1.50. The Balaban J connectivity index is 1.66. The van der Waals surface area contributed by atoms with Gasteiger partial charge < -0.3 is 16.4 Å². The van der Waals surface area contributed by atoms with Crippen molar-refractivity contribution in [2.24, 2.45) is 22.6 Å². The molecule has 0 aliphatic heterocycles. The Bertz CT molecular complexity index is 715. The van der Waals surface area contributed by atoms with Gasteiger partial charge in [0.25, 0.3) is 0 Å². The molecule has 27 heavy (non-hydrogen) atoms. The van der Waals surface area contributed by atoms with Crippen molar-refractivity contribution in [1.82, 2.24) is 5.32 Å². The number of rotatable bonds is 7. The minimum absolute atomic E-state index is 0.678. The van der Waals surface area contributed by atoms with E-state index in [-0.39, 0.29) is 0 Å². The van der Waals surface area contributed by atoms with Gasteiger partial charge in [-0.2, -0.15) is 0 Å². The molecule has 2 unspecified atom stereocenters. The quantitative estimate of drug-likeness (QED) is 0.354. The molecule has 1 fully saturated rings. The van der Waals surface area contributed by atoms with Gasteiger partial charge in [-0.15, -0.1) is 23.1 Å².